The summed E-state index contributed by atoms with van der Waals surface area (Å²) in [6.45, 7) is 12.2. The summed E-state index contributed by atoms with van der Waals surface area (Å²) in [5, 5.41) is 0. The van der Waals surface area contributed by atoms with Gasteiger partial charge in [0.1, 0.15) is 5.57 Å². The van der Waals surface area contributed by atoms with Crippen LogP contribution in [0.3, 0.4) is 0 Å². The third-order valence-electron chi connectivity index (χ3n) is 4.30. The van der Waals surface area contributed by atoms with Gasteiger partial charge in [-0.15, -0.1) is 0 Å². The van der Waals surface area contributed by atoms with Crippen molar-refractivity contribution in [1.82, 2.24) is 0 Å². The number of hydrogen-bond acceptors (Lipinski definition) is 4. The number of carbonyl (C=O) groups excluding carboxylic acids is 2. The second-order valence-corrected chi connectivity index (χ2v) is 10.2. The molecule has 0 heterocycles. The SMILES string of the molecule is CC(C)(C)COC(=O)C(=CC=C(c1ccccc1)c1ccccc1)C(=O)OCC(C)(C)C. The zero-order valence-electron chi connectivity index (χ0n) is 20.0. The molecule has 0 aliphatic rings. The zero-order valence-corrected chi connectivity index (χ0v) is 20.0. The quantitative estimate of drug-likeness (QED) is 0.171. The van der Waals surface area contributed by atoms with E-state index >= 15 is 0 Å². The number of rotatable bonds is 7. The molecular formula is C28H34O4. The molecule has 0 fully saturated rings. The fourth-order valence-corrected chi connectivity index (χ4v) is 2.70. The average molecular weight is 435 g/mol. The van der Waals surface area contributed by atoms with Crippen molar-refractivity contribution in [2.75, 3.05) is 13.2 Å². The van der Waals surface area contributed by atoms with Crippen LogP contribution < -0.4 is 0 Å². The largest absolute Gasteiger partial charge is 0.461 e. The Labute approximate surface area is 191 Å². The van der Waals surface area contributed by atoms with Gasteiger partial charge < -0.3 is 9.47 Å². The molecule has 170 valence electrons. The molecule has 0 spiro atoms. The van der Waals surface area contributed by atoms with E-state index in [0.29, 0.717) is 0 Å². The number of carbonyl (C=O) groups is 2. The number of ether oxygens (including phenoxy) is 2. The molecule has 0 radical (unpaired) electrons. The maximum Gasteiger partial charge on any atom is 0.345 e. The zero-order chi connectivity index (χ0) is 23.8. The number of esters is 2. The molecule has 0 aromatic heterocycles. The van der Waals surface area contributed by atoms with Gasteiger partial charge in [0.25, 0.3) is 0 Å². The van der Waals surface area contributed by atoms with E-state index in [4.69, 9.17) is 9.47 Å². The molecule has 32 heavy (non-hydrogen) atoms. The van der Waals surface area contributed by atoms with E-state index in [2.05, 4.69) is 0 Å². The summed E-state index contributed by atoms with van der Waals surface area (Å²) < 4.78 is 10.9. The van der Waals surface area contributed by atoms with E-state index in [0.717, 1.165) is 16.7 Å². The molecule has 0 unspecified atom stereocenters. The molecule has 0 aliphatic heterocycles. The molecule has 4 heteroatoms. The lowest BCUT2D eigenvalue weighted by Crippen LogP contribution is -2.25. The first kappa shape index (κ1) is 25.1. The topological polar surface area (TPSA) is 52.6 Å². The van der Waals surface area contributed by atoms with Gasteiger partial charge in [0.05, 0.1) is 13.2 Å². The highest BCUT2D eigenvalue weighted by Gasteiger charge is 2.25. The normalized spacial score (nSPS) is 11.3. The molecule has 2 rings (SSSR count). The third kappa shape index (κ3) is 8.54. The Kier molecular flexibility index (Phi) is 8.59. The number of benzene rings is 2. The van der Waals surface area contributed by atoms with Crippen LogP contribution in [0.4, 0.5) is 0 Å². The number of allylic oxidation sites excluding steroid dienone is 2. The van der Waals surface area contributed by atoms with Crippen LogP contribution in [0.5, 0.6) is 0 Å². The monoisotopic (exact) mass is 434 g/mol. The molecule has 0 bridgehead atoms. The maximum absolute atomic E-state index is 12.8. The van der Waals surface area contributed by atoms with Gasteiger partial charge in [0.2, 0.25) is 0 Å². The second kappa shape index (κ2) is 10.9. The van der Waals surface area contributed by atoms with Crippen LogP contribution in [0, 0.1) is 10.8 Å². The van der Waals surface area contributed by atoms with E-state index in [-0.39, 0.29) is 29.6 Å². The Morgan fingerprint density at radius 2 is 1.03 bits per heavy atom. The highest BCUT2D eigenvalue weighted by Crippen LogP contribution is 2.24. The van der Waals surface area contributed by atoms with Gasteiger partial charge in [-0.3, -0.25) is 0 Å². The summed E-state index contributed by atoms with van der Waals surface area (Å²) in [4.78, 5) is 25.6. The van der Waals surface area contributed by atoms with Crippen LogP contribution in [-0.2, 0) is 19.1 Å². The molecule has 0 aliphatic carbocycles. The first-order valence-corrected chi connectivity index (χ1v) is 10.8. The van der Waals surface area contributed by atoms with Crippen LogP contribution in [0.1, 0.15) is 52.7 Å². The fourth-order valence-electron chi connectivity index (χ4n) is 2.70. The molecule has 4 nitrogen and oxygen atoms in total. The lowest BCUT2D eigenvalue weighted by Gasteiger charge is -2.20. The first-order valence-electron chi connectivity index (χ1n) is 10.8. The molecule has 0 saturated heterocycles. The second-order valence-electron chi connectivity index (χ2n) is 10.2. The van der Waals surface area contributed by atoms with E-state index in [1.165, 1.54) is 6.08 Å². The third-order valence-corrected chi connectivity index (χ3v) is 4.30. The van der Waals surface area contributed by atoms with Crippen molar-refractivity contribution < 1.29 is 19.1 Å². The summed E-state index contributed by atoms with van der Waals surface area (Å²) in [5.74, 6) is -1.37. The molecule has 2 aromatic rings. The highest BCUT2D eigenvalue weighted by molar-refractivity contribution is 6.14. The van der Waals surface area contributed by atoms with Crippen molar-refractivity contribution in [3.8, 4) is 0 Å². The predicted molar refractivity (Wildman–Crippen MR) is 129 cm³/mol. The standard InChI is InChI=1S/C28H34O4/c1-27(2,3)19-31-25(29)24(26(30)32-20-28(4,5)6)18-17-23(21-13-9-7-10-14-21)22-15-11-8-12-16-22/h7-18H,19-20H2,1-6H3. The molecule has 0 saturated carbocycles. The van der Waals surface area contributed by atoms with Crippen LogP contribution in [0.2, 0.25) is 0 Å². The average Bonchev–Trinajstić information content (AvgIpc) is 2.74. The van der Waals surface area contributed by atoms with Crippen LogP contribution in [0.15, 0.2) is 78.4 Å². The summed E-state index contributed by atoms with van der Waals surface area (Å²) in [7, 11) is 0. The van der Waals surface area contributed by atoms with Crippen LogP contribution in [0.25, 0.3) is 5.57 Å². The Morgan fingerprint density at radius 1 is 0.656 bits per heavy atom. The number of hydrogen-bond donors (Lipinski definition) is 0. The van der Waals surface area contributed by atoms with Gasteiger partial charge in [0.15, 0.2) is 0 Å². The van der Waals surface area contributed by atoms with E-state index in [1.54, 1.807) is 6.08 Å². The smallest absolute Gasteiger partial charge is 0.345 e. The van der Waals surface area contributed by atoms with E-state index < -0.39 is 11.9 Å². The Morgan fingerprint density at radius 3 is 1.38 bits per heavy atom. The summed E-state index contributed by atoms with van der Waals surface area (Å²) in [6.07, 6.45) is 3.28. The van der Waals surface area contributed by atoms with Crippen molar-refractivity contribution in [2.45, 2.75) is 41.5 Å². The summed E-state index contributed by atoms with van der Waals surface area (Å²) >= 11 is 0. The van der Waals surface area contributed by atoms with Gasteiger partial charge in [-0.2, -0.15) is 0 Å². The van der Waals surface area contributed by atoms with Crippen LogP contribution >= 0.6 is 0 Å². The van der Waals surface area contributed by atoms with Crippen molar-refractivity contribution in [3.05, 3.63) is 89.5 Å². The minimum atomic E-state index is -0.685. The lowest BCUT2D eigenvalue weighted by molar-refractivity contribution is -0.150. The fraction of sp³-hybridized carbons (Fsp3) is 0.357. The summed E-state index contributed by atoms with van der Waals surface area (Å²) in [6, 6.07) is 19.6. The molecule has 0 amide bonds. The Hall–Kier alpha value is -3.14. The molecular weight excluding hydrogens is 400 g/mol. The van der Waals surface area contributed by atoms with Gasteiger partial charge >= 0.3 is 11.9 Å². The van der Waals surface area contributed by atoms with Gasteiger partial charge in [-0.1, -0.05) is 108 Å². The van der Waals surface area contributed by atoms with Crippen molar-refractivity contribution in [1.29, 1.82) is 0 Å². The van der Waals surface area contributed by atoms with Gasteiger partial charge in [-0.25, -0.2) is 9.59 Å². The van der Waals surface area contributed by atoms with E-state index in [9.17, 15) is 9.59 Å². The Bertz CT molecular complexity index is 882. The maximum atomic E-state index is 12.8. The van der Waals surface area contributed by atoms with Crippen LogP contribution in [-0.4, -0.2) is 25.2 Å². The molecule has 0 atom stereocenters. The Balaban J connectivity index is 2.46. The van der Waals surface area contributed by atoms with E-state index in [1.807, 2.05) is 102 Å². The minimum Gasteiger partial charge on any atom is -0.461 e. The van der Waals surface area contributed by atoms with Crippen molar-refractivity contribution in [3.63, 3.8) is 0 Å². The predicted octanol–water partition coefficient (Wildman–Crippen LogP) is 6.22. The summed E-state index contributed by atoms with van der Waals surface area (Å²) in [5.41, 5.74) is 2.27. The first-order chi connectivity index (χ1) is 15.0. The minimum absolute atomic E-state index is 0.122. The molecule has 0 N–H and O–H groups in total. The van der Waals surface area contributed by atoms with Crippen molar-refractivity contribution >= 4 is 17.5 Å². The van der Waals surface area contributed by atoms with Gasteiger partial charge in [-0.05, 0) is 33.6 Å². The van der Waals surface area contributed by atoms with Crippen molar-refractivity contribution in [2.24, 2.45) is 10.8 Å². The highest BCUT2D eigenvalue weighted by atomic mass is 16.6. The van der Waals surface area contributed by atoms with Gasteiger partial charge in [0, 0.05) is 0 Å². The lowest BCUT2D eigenvalue weighted by atomic mass is 9.97. The molecule has 2 aromatic carbocycles.